The number of carbonyl (C=O) groups excluding carboxylic acids is 1. The maximum Gasteiger partial charge on any atom is 0.323 e. The smallest absolute Gasteiger partial charge is 0.323 e. The predicted octanol–water partition coefficient (Wildman–Crippen LogP) is 0.969. The fraction of sp³-hybridized carbons (Fsp3) is 0.875. The van der Waals surface area contributed by atoms with E-state index in [1.54, 1.807) is 0 Å². The highest BCUT2D eigenvalue weighted by molar-refractivity contribution is 5.85. The number of rotatable bonds is 2. The first-order valence-corrected chi connectivity index (χ1v) is 4.10. The molecule has 0 aromatic heterocycles. The summed E-state index contributed by atoms with van der Waals surface area (Å²) < 4.78 is 4.66. The summed E-state index contributed by atoms with van der Waals surface area (Å²) in [6, 6.07) is -0.0509. The predicted molar refractivity (Wildman–Crippen MR) is 49.5 cm³/mol. The van der Waals surface area contributed by atoms with Crippen molar-refractivity contribution in [3.8, 4) is 0 Å². The van der Waals surface area contributed by atoms with E-state index < -0.39 is 0 Å². The normalized spacial score (nSPS) is 27.8. The van der Waals surface area contributed by atoms with Crippen LogP contribution in [0.3, 0.4) is 0 Å². The molecule has 0 aromatic carbocycles. The van der Waals surface area contributed by atoms with Gasteiger partial charge in [0.1, 0.15) is 6.04 Å². The van der Waals surface area contributed by atoms with Crippen LogP contribution in [0.1, 0.15) is 19.8 Å². The van der Waals surface area contributed by atoms with Gasteiger partial charge in [-0.3, -0.25) is 4.79 Å². The summed E-state index contributed by atoms with van der Waals surface area (Å²) in [6.07, 6.45) is 2.14. The zero-order valence-electron chi connectivity index (χ0n) is 7.50. The van der Waals surface area contributed by atoms with E-state index in [1.165, 1.54) is 7.11 Å². The summed E-state index contributed by atoms with van der Waals surface area (Å²) in [4.78, 5) is 11.1. The topological polar surface area (TPSA) is 38.3 Å². The van der Waals surface area contributed by atoms with Crippen LogP contribution < -0.4 is 5.32 Å². The number of halogens is 1. The van der Waals surface area contributed by atoms with Crippen LogP contribution >= 0.6 is 12.4 Å². The molecule has 0 saturated carbocycles. The molecule has 1 fully saturated rings. The maximum atomic E-state index is 11.1. The summed E-state index contributed by atoms with van der Waals surface area (Å²) in [5.41, 5.74) is 0. The molecule has 12 heavy (non-hydrogen) atoms. The zero-order valence-corrected chi connectivity index (χ0v) is 8.32. The van der Waals surface area contributed by atoms with E-state index in [0.717, 1.165) is 19.4 Å². The second kappa shape index (κ2) is 5.38. The van der Waals surface area contributed by atoms with Crippen molar-refractivity contribution in [1.29, 1.82) is 0 Å². The number of hydrogen-bond acceptors (Lipinski definition) is 3. The zero-order chi connectivity index (χ0) is 8.27. The van der Waals surface area contributed by atoms with Gasteiger partial charge in [-0.2, -0.15) is 0 Å². The summed E-state index contributed by atoms with van der Waals surface area (Å²) in [6.45, 7) is 3.05. The first-order chi connectivity index (χ1) is 5.29. The molecule has 2 unspecified atom stereocenters. The summed E-state index contributed by atoms with van der Waals surface area (Å²) in [5, 5.41) is 3.13. The third kappa shape index (κ3) is 2.35. The molecule has 3 nitrogen and oxygen atoms in total. The van der Waals surface area contributed by atoms with Crippen molar-refractivity contribution in [3.05, 3.63) is 0 Å². The minimum absolute atomic E-state index is 0. The number of hydrogen-bond donors (Lipinski definition) is 1. The standard InChI is InChI=1S/C8H15NO2.ClH/c1-3-6-4-5-9-7(6)8(10)11-2;/h6-7,9H,3-5H2,1-2H3;1H. The van der Waals surface area contributed by atoms with Gasteiger partial charge in [0.25, 0.3) is 0 Å². The Hall–Kier alpha value is -0.280. The molecule has 72 valence electrons. The number of methoxy groups -OCH3 is 1. The number of ether oxygens (including phenoxy) is 1. The molecule has 1 N–H and O–H groups in total. The molecule has 2 atom stereocenters. The third-order valence-corrected chi connectivity index (χ3v) is 2.33. The van der Waals surface area contributed by atoms with Crippen molar-refractivity contribution in [2.75, 3.05) is 13.7 Å². The lowest BCUT2D eigenvalue weighted by atomic mass is 9.98. The maximum absolute atomic E-state index is 11.1. The van der Waals surface area contributed by atoms with E-state index in [1.807, 2.05) is 0 Å². The average Bonchev–Trinajstić information content (AvgIpc) is 2.50. The van der Waals surface area contributed by atoms with Crippen molar-refractivity contribution >= 4 is 18.4 Å². The van der Waals surface area contributed by atoms with Crippen LogP contribution in [0.2, 0.25) is 0 Å². The molecule has 0 aliphatic carbocycles. The lowest BCUT2D eigenvalue weighted by molar-refractivity contribution is -0.143. The number of esters is 1. The highest BCUT2D eigenvalue weighted by atomic mass is 35.5. The fourth-order valence-corrected chi connectivity index (χ4v) is 1.60. The highest BCUT2D eigenvalue weighted by Gasteiger charge is 2.31. The molecule has 1 rings (SSSR count). The largest absolute Gasteiger partial charge is 0.468 e. The van der Waals surface area contributed by atoms with Gasteiger partial charge < -0.3 is 10.1 Å². The molecule has 0 radical (unpaired) electrons. The van der Waals surface area contributed by atoms with E-state index in [-0.39, 0.29) is 24.4 Å². The minimum atomic E-state index is -0.116. The monoisotopic (exact) mass is 193 g/mol. The Balaban J connectivity index is 0.00000121. The Morgan fingerprint density at radius 3 is 2.83 bits per heavy atom. The molecule has 1 aliphatic heterocycles. The van der Waals surface area contributed by atoms with E-state index in [9.17, 15) is 4.79 Å². The lowest BCUT2D eigenvalue weighted by Gasteiger charge is -2.14. The van der Waals surface area contributed by atoms with Crippen LogP contribution in [0, 0.1) is 5.92 Å². The quantitative estimate of drug-likeness (QED) is 0.665. The van der Waals surface area contributed by atoms with Gasteiger partial charge in [0.05, 0.1) is 7.11 Å². The molecule has 1 heterocycles. The first-order valence-electron chi connectivity index (χ1n) is 4.10. The number of nitrogens with one attached hydrogen (secondary N) is 1. The van der Waals surface area contributed by atoms with Crippen LogP contribution in [0.4, 0.5) is 0 Å². The van der Waals surface area contributed by atoms with Gasteiger partial charge in [-0.15, -0.1) is 12.4 Å². The molecular formula is C8H16ClNO2. The van der Waals surface area contributed by atoms with Gasteiger partial charge >= 0.3 is 5.97 Å². The summed E-state index contributed by atoms with van der Waals surface area (Å²) in [7, 11) is 1.44. The average molecular weight is 194 g/mol. The van der Waals surface area contributed by atoms with Crippen molar-refractivity contribution < 1.29 is 9.53 Å². The second-order valence-electron chi connectivity index (χ2n) is 2.91. The van der Waals surface area contributed by atoms with Crippen LogP contribution in [0.15, 0.2) is 0 Å². The summed E-state index contributed by atoms with van der Waals surface area (Å²) in [5.74, 6) is 0.358. The molecule has 1 aliphatic rings. The van der Waals surface area contributed by atoms with E-state index in [4.69, 9.17) is 0 Å². The van der Waals surface area contributed by atoms with Crippen molar-refractivity contribution in [3.63, 3.8) is 0 Å². The Labute approximate surface area is 79.3 Å². The Morgan fingerprint density at radius 1 is 1.67 bits per heavy atom. The van der Waals surface area contributed by atoms with Crippen LogP contribution in [-0.4, -0.2) is 25.7 Å². The third-order valence-electron chi connectivity index (χ3n) is 2.33. The van der Waals surface area contributed by atoms with Gasteiger partial charge in [-0.1, -0.05) is 13.3 Å². The molecule has 1 saturated heterocycles. The van der Waals surface area contributed by atoms with Gasteiger partial charge in [0, 0.05) is 0 Å². The summed E-state index contributed by atoms with van der Waals surface area (Å²) >= 11 is 0. The SMILES string of the molecule is CCC1CCNC1C(=O)OC.Cl. The fourth-order valence-electron chi connectivity index (χ4n) is 1.60. The number of carbonyl (C=O) groups is 1. The molecule has 0 aromatic rings. The molecule has 0 bridgehead atoms. The Morgan fingerprint density at radius 2 is 2.33 bits per heavy atom. The Bertz CT molecular complexity index is 152. The van der Waals surface area contributed by atoms with Gasteiger partial charge in [0.15, 0.2) is 0 Å². The van der Waals surface area contributed by atoms with Gasteiger partial charge in [0.2, 0.25) is 0 Å². The highest BCUT2D eigenvalue weighted by Crippen LogP contribution is 2.19. The molecule has 0 amide bonds. The van der Waals surface area contributed by atoms with E-state index >= 15 is 0 Å². The Kier molecular flexibility index (Phi) is 5.25. The first kappa shape index (κ1) is 11.7. The lowest BCUT2D eigenvalue weighted by Crippen LogP contribution is -2.36. The van der Waals surface area contributed by atoms with Crippen LogP contribution in [0.25, 0.3) is 0 Å². The van der Waals surface area contributed by atoms with Crippen molar-refractivity contribution in [1.82, 2.24) is 5.32 Å². The van der Waals surface area contributed by atoms with Crippen LogP contribution in [-0.2, 0) is 9.53 Å². The van der Waals surface area contributed by atoms with E-state index in [0.29, 0.717) is 5.92 Å². The van der Waals surface area contributed by atoms with Crippen molar-refractivity contribution in [2.45, 2.75) is 25.8 Å². The van der Waals surface area contributed by atoms with Gasteiger partial charge in [-0.05, 0) is 18.9 Å². The van der Waals surface area contributed by atoms with Crippen molar-refractivity contribution in [2.24, 2.45) is 5.92 Å². The van der Waals surface area contributed by atoms with E-state index in [2.05, 4.69) is 17.0 Å². The molecule has 0 spiro atoms. The van der Waals surface area contributed by atoms with Crippen LogP contribution in [0.5, 0.6) is 0 Å². The second-order valence-corrected chi connectivity index (χ2v) is 2.91. The van der Waals surface area contributed by atoms with Gasteiger partial charge in [-0.25, -0.2) is 0 Å². The minimum Gasteiger partial charge on any atom is -0.468 e. The molecule has 4 heteroatoms. The molecular weight excluding hydrogens is 178 g/mol.